The minimum atomic E-state index is -0.919. The van der Waals surface area contributed by atoms with Gasteiger partial charge in [0, 0.05) is 6.42 Å². The van der Waals surface area contributed by atoms with E-state index in [1.54, 1.807) is 0 Å². The second-order valence-electron chi connectivity index (χ2n) is 4.64. The summed E-state index contributed by atoms with van der Waals surface area (Å²) in [6.07, 6.45) is 5.17. The number of terminal acetylenes is 1. The van der Waals surface area contributed by atoms with E-state index < -0.39 is 30.5 Å². The number of aliphatic hydroxyl groups is 2. The largest absolute Gasteiger partial charge is 0.459 e. The van der Waals surface area contributed by atoms with Crippen molar-refractivity contribution in [2.75, 3.05) is 0 Å². The van der Waals surface area contributed by atoms with Gasteiger partial charge in [0.1, 0.15) is 30.5 Å². The Kier molecular flexibility index (Phi) is 5.04. The number of hydrogen-bond donors (Lipinski definition) is 2. The highest BCUT2D eigenvalue weighted by atomic mass is 16.6. The van der Waals surface area contributed by atoms with Crippen LogP contribution >= 0.6 is 0 Å². The van der Waals surface area contributed by atoms with Gasteiger partial charge < -0.3 is 19.7 Å². The molecule has 5 heteroatoms. The van der Waals surface area contributed by atoms with Crippen molar-refractivity contribution in [1.29, 1.82) is 0 Å². The van der Waals surface area contributed by atoms with Crippen molar-refractivity contribution >= 4 is 5.97 Å². The number of carbonyl (C=O) groups is 1. The zero-order valence-corrected chi connectivity index (χ0v) is 11.2. The fourth-order valence-corrected chi connectivity index (χ4v) is 2.09. The number of carbonyl (C=O) groups excluding carboxylic acids is 1. The molecule has 0 aromatic heterocycles. The van der Waals surface area contributed by atoms with Crippen LogP contribution in [0.3, 0.4) is 0 Å². The van der Waals surface area contributed by atoms with Gasteiger partial charge in [0.2, 0.25) is 0 Å². The molecule has 2 heterocycles. The van der Waals surface area contributed by atoms with Crippen LogP contribution in [0.4, 0.5) is 0 Å². The minimum Gasteiger partial charge on any atom is -0.459 e. The fourth-order valence-electron chi connectivity index (χ4n) is 2.09. The van der Waals surface area contributed by atoms with Crippen LogP contribution in [-0.4, -0.2) is 46.7 Å². The number of allylic oxidation sites excluding steroid dienone is 1. The van der Waals surface area contributed by atoms with E-state index in [4.69, 9.17) is 15.9 Å². The number of aliphatic hydroxyl groups excluding tert-OH is 2. The van der Waals surface area contributed by atoms with E-state index >= 15 is 0 Å². The van der Waals surface area contributed by atoms with Crippen LogP contribution in [0.5, 0.6) is 0 Å². The van der Waals surface area contributed by atoms with Gasteiger partial charge in [0.05, 0.1) is 0 Å². The molecular formula is C16H14O5. The van der Waals surface area contributed by atoms with Gasteiger partial charge in [-0.3, -0.25) is 4.79 Å². The summed E-state index contributed by atoms with van der Waals surface area (Å²) < 4.78 is 10.2. The Morgan fingerprint density at radius 2 is 2.10 bits per heavy atom. The highest BCUT2D eigenvalue weighted by Gasteiger charge is 2.52. The molecule has 2 saturated heterocycles. The third kappa shape index (κ3) is 4.12. The summed E-state index contributed by atoms with van der Waals surface area (Å²) in [6, 6.07) is 0. The molecule has 2 fully saturated rings. The maximum atomic E-state index is 11.0. The minimum absolute atomic E-state index is 0.301. The first-order valence-electron chi connectivity index (χ1n) is 6.47. The van der Waals surface area contributed by atoms with Crippen LogP contribution in [0.15, 0.2) is 12.2 Å². The zero-order chi connectivity index (χ0) is 15.2. The molecule has 0 aliphatic carbocycles. The van der Waals surface area contributed by atoms with Crippen LogP contribution in [0.1, 0.15) is 12.8 Å². The lowest BCUT2D eigenvalue weighted by Crippen LogP contribution is -2.33. The zero-order valence-electron chi connectivity index (χ0n) is 11.2. The molecule has 0 saturated carbocycles. The third-order valence-corrected chi connectivity index (χ3v) is 3.18. The Morgan fingerprint density at radius 1 is 1.29 bits per heavy atom. The second kappa shape index (κ2) is 6.97. The highest BCUT2D eigenvalue weighted by molar-refractivity contribution is 5.71. The maximum Gasteiger partial charge on any atom is 0.306 e. The Hall–Kier alpha value is -2.23. The van der Waals surface area contributed by atoms with Crippen LogP contribution in [0.2, 0.25) is 0 Å². The van der Waals surface area contributed by atoms with Crippen molar-refractivity contribution in [3.8, 4) is 36.0 Å². The quantitative estimate of drug-likeness (QED) is 0.409. The molecule has 5 nitrogen and oxygen atoms in total. The summed E-state index contributed by atoms with van der Waals surface area (Å²) in [5.74, 6) is 11.6. The van der Waals surface area contributed by atoms with Gasteiger partial charge in [-0.05, 0) is 42.3 Å². The molecule has 2 N–H and O–H groups in total. The molecule has 2 rings (SSSR count). The molecule has 21 heavy (non-hydrogen) atoms. The van der Waals surface area contributed by atoms with E-state index in [1.807, 2.05) is 0 Å². The van der Waals surface area contributed by atoms with Crippen molar-refractivity contribution in [3.05, 3.63) is 12.2 Å². The summed E-state index contributed by atoms with van der Waals surface area (Å²) in [6.45, 7) is 0. The van der Waals surface area contributed by atoms with Gasteiger partial charge in [0.25, 0.3) is 0 Å². The average Bonchev–Trinajstić information content (AvgIpc) is 3.16. The molecule has 0 radical (unpaired) electrons. The number of epoxide rings is 1. The van der Waals surface area contributed by atoms with Gasteiger partial charge in [-0.2, -0.15) is 0 Å². The van der Waals surface area contributed by atoms with E-state index in [1.165, 1.54) is 12.2 Å². The molecule has 0 aromatic rings. The molecule has 1 unspecified atom stereocenters. The lowest BCUT2D eigenvalue weighted by Gasteiger charge is -2.14. The first kappa shape index (κ1) is 15.2. The average molecular weight is 286 g/mol. The van der Waals surface area contributed by atoms with Crippen LogP contribution in [0.25, 0.3) is 0 Å². The molecule has 108 valence electrons. The normalized spacial score (nSPS) is 29.4. The van der Waals surface area contributed by atoms with E-state index in [2.05, 4.69) is 29.6 Å². The molecule has 5 atom stereocenters. The number of esters is 1. The van der Waals surface area contributed by atoms with Crippen molar-refractivity contribution in [1.82, 2.24) is 0 Å². The van der Waals surface area contributed by atoms with Gasteiger partial charge in [0.15, 0.2) is 0 Å². The topological polar surface area (TPSA) is 79.3 Å². The lowest BCUT2D eigenvalue weighted by molar-refractivity contribution is -0.145. The molecular weight excluding hydrogens is 272 g/mol. The predicted molar refractivity (Wildman–Crippen MR) is 73.3 cm³/mol. The molecule has 0 amide bonds. The number of ether oxygens (including phenoxy) is 2. The summed E-state index contributed by atoms with van der Waals surface area (Å²) in [4.78, 5) is 11.0. The number of hydrogen-bond acceptors (Lipinski definition) is 5. The maximum absolute atomic E-state index is 11.0. The van der Waals surface area contributed by atoms with Crippen molar-refractivity contribution < 1.29 is 24.5 Å². The summed E-state index contributed by atoms with van der Waals surface area (Å²) in [5, 5.41) is 19.8. The van der Waals surface area contributed by atoms with Crippen molar-refractivity contribution in [3.63, 3.8) is 0 Å². The van der Waals surface area contributed by atoms with E-state index in [9.17, 15) is 15.0 Å². The van der Waals surface area contributed by atoms with Crippen LogP contribution in [0, 0.1) is 36.0 Å². The fraction of sp³-hybridized carbons (Fsp3) is 0.438. The van der Waals surface area contributed by atoms with Crippen LogP contribution in [-0.2, 0) is 14.3 Å². The third-order valence-electron chi connectivity index (χ3n) is 3.18. The highest BCUT2D eigenvalue weighted by Crippen LogP contribution is 2.33. The van der Waals surface area contributed by atoms with E-state index in [-0.39, 0.29) is 5.97 Å². The van der Waals surface area contributed by atoms with Gasteiger partial charge in [-0.1, -0.05) is 5.92 Å². The second-order valence-corrected chi connectivity index (χ2v) is 4.64. The summed E-state index contributed by atoms with van der Waals surface area (Å²) in [5.41, 5.74) is 0. The van der Waals surface area contributed by atoms with Crippen molar-refractivity contribution in [2.24, 2.45) is 0 Å². The number of rotatable bonds is 4. The molecule has 0 aromatic carbocycles. The SMILES string of the molecule is C#CC#CC#C/C=C\[C@@H](O)[C@@H]1O[C@H]1C(O)[C@@H]1CCC(=O)O1. The summed E-state index contributed by atoms with van der Waals surface area (Å²) in [7, 11) is 0. The first-order chi connectivity index (χ1) is 10.1. The number of cyclic esters (lactones) is 1. The molecule has 0 bridgehead atoms. The molecule has 2 aliphatic heterocycles. The first-order valence-corrected chi connectivity index (χ1v) is 6.47. The summed E-state index contributed by atoms with van der Waals surface area (Å²) >= 11 is 0. The monoisotopic (exact) mass is 286 g/mol. The van der Waals surface area contributed by atoms with E-state index in [0.29, 0.717) is 12.8 Å². The Morgan fingerprint density at radius 3 is 2.76 bits per heavy atom. The smallest absolute Gasteiger partial charge is 0.306 e. The Bertz CT molecular complexity index is 592. The van der Waals surface area contributed by atoms with Crippen LogP contribution < -0.4 is 0 Å². The predicted octanol–water partition coefficient (Wildman–Crippen LogP) is -0.623. The van der Waals surface area contributed by atoms with E-state index in [0.717, 1.165) is 0 Å². The van der Waals surface area contributed by atoms with Crippen molar-refractivity contribution in [2.45, 2.75) is 43.4 Å². The lowest BCUT2D eigenvalue weighted by atomic mass is 10.0. The molecule has 2 aliphatic rings. The van der Waals surface area contributed by atoms with Gasteiger partial charge in [-0.15, -0.1) is 6.42 Å². The van der Waals surface area contributed by atoms with Gasteiger partial charge in [-0.25, -0.2) is 0 Å². The Labute approximate surface area is 122 Å². The van der Waals surface area contributed by atoms with Gasteiger partial charge >= 0.3 is 5.97 Å². The standard InChI is InChI=1S/C16H14O5/c1-2-3-4-5-6-7-8-11(17)15-16(21-15)14(19)12-9-10-13(18)20-12/h1,7-8,11-12,14-17,19H,9-10H2/b8-7-/t11-,12+,14?,15+,16+/m1/s1. The Balaban J connectivity index is 1.79. The molecule has 0 spiro atoms.